The number of nitrogens with two attached hydrogens (primary N) is 1. The molecule has 0 aliphatic heterocycles. The molecule has 6 heteroatoms. The predicted molar refractivity (Wildman–Crippen MR) is 53.6 cm³/mol. The summed E-state index contributed by atoms with van der Waals surface area (Å²) >= 11 is 5.47. The maximum absolute atomic E-state index is 12.7. The molecule has 0 fully saturated rings. The molecular formula is C8H7ClFNO2S. The molecule has 1 aromatic rings. The van der Waals surface area contributed by atoms with Crippen molar-refractivity contribution in [2.45, 2.75) is 0 Å². The number of rotatable bonds is 2. The summed E-state index contributed by atoms with van der Waals surface area (Å²) in [6, 6.07) is 3.84. The summed E-state index contributed by atoms with van der Waals surface area (Å²) in [6.45, 7) is 0. The number of hydrogen-bond donors (Lipinski definition) is 1. The second-order valence-corrected chi connectivity index (χ2v) is 4.42. The third-order valence-corrected chi connectivity index (χ3v) is 2.20. The molecule has 0 heterocycles. The molecule has 2 N–H and O–H groups in total. The molecule has 0 aromatic heterocycles. The van der Waals surface area contributed by atoms with Crippen LogP contribution in [0.4, 0.5) is 4.39 Å². The van der Waals surface area contributed by atoms with Crippen LogP contribution in [0.2, 0.25) is 5.02 Å². The second-order valence-electron chi connectivity index (χ2n) is 2.57. The van der Waals surface area contributed by atoms with E-state index in [0.29, 0.717) is 5.56 Å². The Balaban J connectivity index is 3.00. The lowest BCUT2D eigenvalue weighted by Gasteiger charge is -1.95. The van der Waals surface area contributed by atoms with Gasteiger partial charge < -0.3 is 0 Å². The van der Waals surface area contributed by atoms with Gasteiger partial charge in [0.25, 0.3) is 0 Å². The van der Waals surface area contributed by atoms with E-state index >= 15 is 0 Å². The molecule has 0 spiro atoms. The van der Waals surface area contributed by atoms with Crippen molar-refractivity contribution in [1.82, 2.24) is 0 Å². The van der Waals surface area contributed by atoms with E-state index in [4.69, 9.17) is 16.7 Å². The average molecular weight is 236 g/mol. The molecule has 0 saturated heterocycles. The number of benzene rings is 1. The van der Waals surface area contributed by atoms with Crippen molar-refractivity contribution in [1.29, 1.82) is 0 Å². The molecule has 0 amide bonds. The van der Waals surface area contributed by atoms with Crippen LogP contribution in [-0.4, -0.2) is 8.42 Å². The van der Waals surface area contributed by atoms with Crippen molar-refractivity contribution in [3.8, 4) is 0 Å². The van der Waals surface area contributed by atoms with Crippen molar-refractivity contribution >= 4 is 27.7 Å². The lowest BCUT2D eigenvalue weighted by atomic mass is 10.2. The maximum atomic E-state index is 12.7. The highest BCUT2D eigenvalue weighted by atomic mass is 35.5. The molecule has 0 saturated carbocycles. The van der Waals surface area contributed by atoms with Crippen LogP contribution in [0.15, 0.2) is 23.6 Å². The zero-order valence-electron chi connectivity index (χ0n) is 6.94. The number of hydrogen-bond acceptors (Lipinski definition) is 2. The highest BCUT2D eigenvalue weighted by Gasteiger charge is 1.99. The van der Waals surface area contributed by atoms with Crippen molar-refractivity contribution in [3.63, 3.8) is 0 Å². The van der Waals surface area contributed by atoms with E-state index in [9.17, 15) is 12.8 Å². The minimum absolute atomic E-state index is 0.0680. The first-order valence-corrected chi connectivity index (χ1v) is 5.53. The first-order chi connectivity index (χ1) is 6.38. The summed E-state index contributed by atoms with van der Waals surface area (Å²) in [5.74, 6) is -0.556. The van der Waals surface area contributed by atoms with E-state index in [0.717, 1.165) is 11.5 Å². The van der Waals surface area contributed by atoms with Gasteiger partial charge in [-0.2, -0.15) is 0 Å². The summed E-state index contributed by atoms with van der Waals surface area (Å²) in [5.41, 5.74) is 0.463. The van der Waals surface area contributed by atoms with Crippen LogP contribution in [0.5, 0.6) is 0 Å². The van der Waals surface area contributed by atoms with Gasteiger partial charge in [-0.25, -0.2) is 17.9 Å². The van der Waals surface area contributed by atoms with Crippen LogP contribution in [0.25, 0.3) is 6.08 Å². The highest BCUT2D eigenvalue weighted by molar-refractivity contribution is 7.92. The Labute approximate surface area is 86.0 Å². The molecule has 1 aromatic carbocycles. The lowest BCUT2D eigenvalue weighted by Crippen LogP contribution is -2.06. The van der Waals surface area contributed by atoms with Gasteiger partial charge in [0.1, 0.15) is 5.82 Å². The molecular weight excluding hydrogens is 229 g/mol. The summed E-state index contributed by atoms with van der Waals surface area (Å²) < 4.78 is 33.8. The molecule has 0 bridgehead atoms. The Bertz CT molecular complexity index is 470. The van der Waals surface area contributed by atoms with E-state index in [1.165, 1.54) is 18.2 Å². The fraction of sp³-hybridized carbons (Fsp3) is 0. The largest absolute Gasteiger partial charge is 0.231 e. The summed E-state index contributed by atoms with van der Waals surface area (Å²) in [7, 11) is -3.66. The Morgan fingerprint density at radius 3 is 2.57 bits per heavy atom. The monoisotopic (exact) mass is 235 g/mol. The van der Waals surface area contributed by atoms with Gasteiger partial charge in [-0.3, -0.25) is 0 Å². The first-order valence-electron chi connectivity index (χ1n) is 3.54. The van der Waals surface area contributed by atoms with E-state index in [1.54, 1.807) is 0 Å². The molecule has 3 nitrogen and oxygen atoms in total. The fourth-order valence-corrected chi connectivity index (χ4v) is 1.33. The molecule has 0 aliphatic carbocycles. The minimum Gasteiger partial charge on any atom is -0.225 e. The van der Waals surface area contributed by atoms with Gasteiger partial charge in [0.05, 0.1) is 5.02 Å². The van der Waals surface area contributed by atoms with Crippen LogP contribution in [0.3, 0.4) is 0 Å². The molecule has 0 atom stereocenters. The van der Waals surface area contributed by atoms with Crippen LogP contribution in [0.1, 0.15) is 5.56 Å². The third kappa shape index (κ3) is 3.45. The Hall–Kier alpha value is -0.910. The summed E-state index contributed by atoms with van der Waals surface area (Å²) in [6.07, 6.45) is 1.24. The van der Waals surface area contributed by atoms with E-state index in [2.05, 4.69) is 0 Å². The quantitative estimate of drug-likeness (QED) is 0.849. The molecule has 0 radical (unpaired) electrons. The van der Waals surface area contributed by atoms with Gasteiger partial charge in [0.15, 0.2) is 0 Å². The highest BCUT2D eigenvalue weighted by Crippen LogP contribution is 2.16. The smallest absolute Gasteiger partial charge is 0.225 e. The third-order valence-electron chi connectivity index (χ3n) is 1.39. The Morgan fingerprint density at radius 2 is 2.07 bits per heavy atom. The average Bonchev–Trinajstić information content (AvgIpc) is 2.06. The Morgan fingerprint density at radius 1 is 1.43 bits per heavy atom. The second kappa shape index (κ2) is 4.08. The maximum Gasteiger partial charge on any atom is 0.231 e. The standard InChI is InChI=1S/C8H7ClFNO2S/c9-7-5-6(1-2-8(7)10)3-4-14(11,12)13/h1-5H,(H2,11,12,13)/b4-3+. The molecule has 14 heavy (non-hydrogen) atoms. The fourth-order valence-electron chi connectivity index (χ4n) is 0.789. The first kappa shape index (κ1) is 11.2. The van der Waals surface area contributed by atoms with Crippen molar-refractivity contribution in [2.75, 3.05) is 0 Å². The number of primary sulfonamides is 1. The van der Waals surface area contributed by atoms with Crippen molar-refractivity contribution in [2.24, 2.45) is 5.14 Å². The van der Waals surface area contributed by atoms with E-state index in [1.807, 2.05) is 0 Å². The normalized spacial score (nSPS) is 12.2. The van der Waals surface area contributed by atoms with E-state index in [-0.39, 0.29) is 5.02 Å². The van der Waals surface area contributed by atoms with Gasteiger partial charge >= 0.3 is 0 Å². The van der Waals surface area contributed by atoms with Crippen molar-refractivity contribution < 1.29 is 12.8 Å². The van der Waals surface area contributed by atoms with Gasteiger partial charge in [-0.05, 0) is 23.8 Å². The van der Waals surface area contributed by atoms with Crippen LogP contribution < -0.4 is 5.14 Å². The zero-order valence-corrected chi connectivity index (χ0v) is 8.52. The summed E-state index contributed by atoms with van der Waals surface area (Å²) in [4.78, 5) is 0. The van der Waals surface area contributed by atoms with Crippen LogP contribution >= 0.6 is 11.6 Å². The van der Waals surface area contributed by atoms with Gasteiger partial charge in [-0.1, -0.05) is 17.7 Å². The van der Waals surface area contributed by atoms with Gasteiger partial charge in [-0.15, -0.1) is 0 Å². The molecule has 0 aliphatic rings. The van der Waals surface area contributed by atoms with Gasteiger partial charge in [0.2, 0.25) is 10.0 Å². The molecule has 76 valence electrons. The Kier molecular flexibility index (Phi) is 3.25. The summed E-state index contributed by atoms with van der Waals surface area (Å²) in [5, 5.41) is 5.48. The predicted octanol–water partition coefficient (Wildman–Crippen LogP) is 1.74. The topological polar surface area (TPSA) is 60.2 Å². The SMILES string of the molecule is NS(=O)(=O)/C=C/c1ccc(F)c(Cl)c1. The number of halogens is 2. The molecule has 0 unspecified atom stereocenters. The zero-order chi connectivity index (χ0) is 10.8. The van der Waals surface area contributed by atoms with E-state index < -0.39 is 15.8 Å². The molecule has 1 rings (SSSR count). The van der Waals surface area contributed by atoms with Crippen molar-refractivity contribution in [3.05, 3.63) is 40.0 Å². The number of sulfonamides is 1. The van der Waals surface area contributed by atoms with Crippen LogP contribution in [-0.2, 0) is 10.0 Å². The minimum atomic E-state index is -3.66. The lowest BCUT2D eigenvalue weighted by molar-refractivity contribution is 0.606. The van der Waals surface area contributed by atoms with Gasteiger partial charge in [0, 0.05) is 5.41 Å². The van der Waals surface area contributed by atoms with Crippen LogP contribution in [0, 0.1) is 5.82 Å².